The van der Waals surface area contributed by atoms with Crippen molar-refractivity contribution in [3.8, 4) is 0 Å². The minimum Gasteiger partial charge on any atom is -0.325 e. The number of thiazole rings is 1. The maximum atomic E-state index is 12.1. The van der Waals surface area contributed by atoms with Gasteiger partial charge in [0.25, 0.3) is 0 Å². The maximum Gasteiger partial charge on any atom is 0.229 e. The van der Waals surface area contributed by atoms with E-state index in [1.54, 1.807) is 5.51 Å². The first-order valence-corrected chi connectivity index (χ1v) is 7.27. The van der Waals surface area contributed by atoms with Crippen LogP contribution in [-0.2, 0) is 17.6 Å². The second-order valence-corrected chi connectivity index (χ2v) is 5.49. The molecular formula is C15H18N2OS. The Morgan fingerprint density at radius 2 is 2.16 bits per heavy atom. The Morgan fingerprint density at radius 1 is 1.37 bits per heavy atom. The fraction of sp³-hybridized carbons (Fsp3) is 0.333. The molecule has 2 rings (SSSR count). The molecule has 1 aromatic heterocycles. The van der Waals surface area contributed by atoms with Crippen molar-refractivity contribution >= 4 is 22.9 Å². The number of carbonyl (C=O) groups is 1. The second-order valence-electron chi connectivity index (χ2n) is 4.55. The van der Waals surface area contributed by atoms with Gasteiger partial charge in [-0.25, -0.2) is 4.98 Å². The molecule has 0 aliphatic rings. The van der Waals surface area contributed by atoms with Gasteiger partial charge in [-0.3, -0.25) is 4.79 Å². The second kappa shape index (κ2) is 5.97. The Kier molecular flexibility index (Phi) is 4.32. The first kappa shape index (κ1) is 13.7. The number of amides is 1. The number of aryl methyl sites for hydroxylation is 3. The molecule has 1 amide bonds. The van der Waals surface area contributed by atoms with Crippen LogP contribution in [0.2, 0.25) is 0 Å². The van der Waals surface area contributed by atoms with Crippen LogP contribution in [0, 0.1) is 13.8 Å². The summed E-state index contributed by atoms with van der Waals surface area (Å²) < 4.78 is 0. The zero-order valence-corrected chi connectivity index (χ0v) is 12.3. The lowest BCUT2D eigenvalue weighted by atomic mass is 10.1. The number of nitrogens with one attached hydrogen (secondary N) is 1. The van der Waals surface area contributed by atoms with Crippen molar-refractivity contribution in [2.75, 3.05) is 5.32 Å². The number of carbonyl (C=O) groups excluding carboxylic acids is 1. The van der Waals surface area contributed by atoms with E-state index >= 15 is 0 Å². The Morgan fingerprint density at radius 3 is 2.79 bits per heavy atom. The zero-order chi connectivity index (χ0) is 13.8. The summed E-state index contributed by atoms with van der Waals surface area (Å²) in [5.41, 5.74) is 5.96. The van der Waals surface area contributed by atoms with Crippen molar-refractivity contribution < 1.29 is 4.79 Å². The van der Waals surface area contributed by atoms with E-state index in [4.69, 9.17) is 0 Å². The molecule has 0 fully saturated rings. The van der Waals surface area contributed by atoms with Crippen LogP contribution in [0.5, 0.6) is 0 Å². The highest BCUT2D eigenvalue weighted by Crippen LogP contribution is 2.22. The largest absolute Gasteiger partial charge is 0.325 e. The van der Waals surface area contributed by atoms with Crippen molar-refractivity contribution in [1.29, 1.82) is 0 Å². The lowest BCUT2D eigenvalue weighted by Gasteiger charge is -2.12. The lowest BCUT2D eigenvalue weighted by Crippen LogP contribution is -2.16. The average molecular weight is 274 g/mol. The molecule has 0 unspecified atom stereocenters. The third kappa shape index (κ3) is 3.20. The first-order valence-electron chi connectivity index (χ1n) is 6.39. The van der Waals surface area contributed by atoms with Gasteiger partial charge in [-0.15, -0.1) is 11.3 Å². The predicted molar refractivity (Wildman–Crippen MR) is 79.7 cm³/mol. The summed E-state index contributed by atoms with van der Waals surface area (Å²) in [6, 6.07) is 6.10. The highest BCUT2D eigenvalue weighted by Gasteiger charge is 2.11. The molecule has 0 aliphatic carbocycles. The van der Waals surface area contributed by atoms with Crippen LogP contribution < -0.4 is 5.32 Å². The SMILES string of the molecule is CCc1cccc(C)c1NC(=O)Cc1scnc1C. The molecule has 1 aromatic carbocycles. The molecule has 1 heterocycles. The van der Waals surface area contributed by atoms with E-state index in [2.05, 4.69) is 23.3 Å². The molecule has 3 nitrogen and oxygen atoms in total. The van der Waals surface area contributed by atoms with Gasteiger partial charge >= 0.3 is 0 Å². The minimum absolute atomic E-state index is 0.0244. The van der Waals surface area contributed by atoms with E-state index in [9.17, 15) is 4.79 Å². The van der Waals surface area contributed by atoms with Crippen molar-refractivity contribution in [2.24, 2.45) is 0 Å². The summed E-state index contributed by atoms with van der Waals surface area (Å²) in [7, 11) is 0. The molecule has 4 heteroatoms. The number of anilines is 1. The first-order chi connectivity index (χ1) is 9.11. The number of nitrogens with zero attached hydrogens (tertiary/aromatic N) is 1. The fourth-order valence-electron chi connectivity index (χ4n) is 2.03. The maximum absolute atomic E-state index is 12.1. The van der Waals surface area contributed by atoms with Crippen molar-refractivity contribution in [3.05, 3.63) is 45.4 Å². The number of benzene rings is 1. The van der Waals surface area contributed by atoms with E-state index in [-0.39, 0.29) is 5.91 Å². The van der Waals surface area contributed by atoms with E-state index in [1.807, 2.05) is 26.0 Å². The van der Waals surface area contributed by atoms with Crippen LogP contribution in [0.25, 0.3) is 0 Å². The molecule has 0 spiro atoms. The van der Waals surface area contributed by atoms with Crippen LogP contribution >= 0.6 is 11.3 Å². The molecule has 2 aromatic rings. The van der Waals surface area contributed by atoms with E-state index in [1.165, 1.54) is 16.9 Å². The van der Waals surface area contributed by atoms with Crippen LogP contribution in [0.15, 0.2) is 23.7 Å². The summed E-state index contributed by atoms with van der Waals surface area (Å²) in [6.45, 7) is 6.05. The lowest BCUT2D eigenvalue weighted by molar-refractivity contribution is -0.115. The summed E-state index contributed by atoms with van der Waals surface area (Å²) in [5, 5.41) is 3.04. The Bertz CT molecular complexity index is 590. The number of hydrogen-bond donors (Lipinski definition) is 1. The predicted octanol–water partition coefficient (Wildman–Crippen LogP) is 3.50. The molecule has 19 heavy (non-hydrogen) atoms. The molecule has 0 radical (unpaired) electrons. The Balaban J connectivity index is 2.13. The standard InChI is InChI=1S/C15H18N2OS/c1-4-12-7-5-6-10(2)15(12)17-14(18)8-13-11(3)16-9-19-13/h5-7,9H,4,8H2,1-3H3,(H,17,18). The number of rotatable bonds is 4. The highest BCUT2D eigenvalue weighted by atomic mass is 32.1. The van der Waals surface area contributed by atoms with E-state index < -0.39 is 0 Å². The molecule has 0 bridgehead atoms. The summed E-state index contributed by atoms with van der Waals surface area (Å²) in [6.07, 6.45) is 1.31. The van der Waals surface area contributed by atoms with Gasteiger partial charge in [0, 0.05) is 10.6 Å². The Labute approximate surface area is 117 Å². The van der Waals surface area contributed by atoms with E-state index in [0.29, 0.717) is 6.42 Å². The monoisotopic (exact) mass is 274 g/mol. The molecule has 0 atom stereocenters. The fourth-order valence-corrected chi connectivity index (χ4v) is 2.80. The molecule has 100 valence electrons. The third-order valence-corrected chi connectivity index (χ3v) is 4.11. The van der Waals surface area contributed by atoms with Gasteiger partial charge in [-0.2, -0.15) is 0 Å². The highest BCUT2D eigenvalue weighted by molar-refractivity contribution is 7.09. The summed E-state index contributed by atoms with van der Waals surface area (Å²) in [4.78, 5) is 17.3. The molecule has 0 saturated heterocycles. The normalized spacial score (nSPS) is 10.5. The van der Waals surface area contributed by atoms with Crippen LogP contribution in [0.4, 0.5) is 5.69 Å². The number of hydrogen-bond acceptors (Lipinski definition) is 3. The van der Waals surface area contributed by atoms with Gasteiger partial charge in [0.15, 0.2) is 0 Å². The van der Waals surface area contributed by atoms with Gasteiger partial charge < -0.3 is 5.32 Å². The number of para-hydroxylation sites is 1. The quantitative estimate of drug-likeness (QED) is 0.927. The molecule has 1 N–H and O–H groups in total. The van der Waals surface area contributed by atoms with Crippen molar-refractivity contribution in [3.63, 3.8) is 0 Å². The summed E-state index contributed by atoms with van der Waals surface area (Å²) >= 11 is 1.53. The van der Waals surface area contributed by atoms with Crippen molar-refractivity contribution in [2.45, 2.75) is 33.6 Å². The van der Waals surface area contributed by atoms with Crippen LogP contribution in [-0.4, -0.2) is 10.9 Å². The zero-order valence-electron chi connectivity index (χ0n) is 11.5. The van der Waals surface area contributed by atoms with Gasteiger partial charge in [-0.05, 0) is 31.4 Å². The van der Waals surface area contributed by atoms with Gasteiger partial charge in [0.1, 0.15) is 0 Å². The molecule has 0 aliphatic heterocycles. The minimum atomic E-state index is 0.0244. The molecule has 0 saturated carbocycles. The molecular weight excluding hydrogens is 256 g/mol. The van der Waals surface area contributed by atoms with E-state index in [0.717, 1.165) is 28.2 Å². The summed E-state index contributed by atoms with van der Waals surface area (Å²) in [5.74, 6) is 0.0244. The average Bonchev–Trinajstić information content (AvgIpc) is 2.77. The van der Waals surface area contributed by atoms with Gasteiger partial charge in [0.2, 0.25) is 5.91 Å². The van der Waals surface area contributed by atoms with Gasteiger partial charge in [0.05, 0.1) is 17.6 Å². The van der Waals surface area contributed by atoms with Gasteiger partial charge in [-0.1, -0.05) is 25.1 Å². The number of aromatic nitrogens is 1. The topological polar surface area (TPSA) is 42.0 Å². The van der Waals surface area contributed by atoms with Crippen LogP contribution in [0.3, 0.4) is 0 Å². The third-order valence-electron chi connectivity index (χ3n) is 3.17. The smallest absolute Gasteiger partial charge is 0.229 e. The van der Waals surface area contributed by atoms with Crippen molar-refractivity contribution in [1.82, 2.24) is 4.98 Å². The van der Waals surface area contributed by atoms with Crippen LogP contribution in [0.1, 0.15) is 28.6 Å². The Hall–Kier alpha value is -1.68.